The number of carbonyl (C=O) groups excluding carboxylic acids is 2. The molecule has 6 nitrogen and oxygen atoms in total. The lowest BCUT2D eigenvalue weighted by atomic mass is 9.88. The summed E-state index contributed by atoms with van der Waals surface area (Å²) in [4.78, 5) is 33.2. The summed E-state index contributed by atoms with van der Waals surface area (Å²) in [6, 6.07) is 17.4. The minimum Gasteiger partial charge on any atom is -0.336 e. The number of nitrogens with zero attached hydrogens (tertiary/aromatic N) is 4. The Hall–Kier alpha value is -3.65. The molecule has 0 atom stereocenters. The molecule has 3 heterocycles. The number of Topliss-reactive ketones (excluding diaryl/α,β-unsaturated/α-hetero) is 1. The number of hydrogen-bond acceptors (Lipinski definition) is 5. The van der Waals surface area contributed by atoms with Gasteiger partial charge < -0.3 is 4.90 Å². The number of halogens is 1. The molecule has 0 N–H and O–H groups in total. The molecule has 1 saturated heterocycles. The number of likely N-dealkylation sites (tertiary alicyclic amines) is 1. The van der Waals surface area contributed by atoms with Gasteiger partial charge in [0.15, 0.2) is 11.6 Å². The van der Waals surface area contributed by atoms with Crippen LogP contribution < -0.4 is 0 Å². The van der Waals surface area contributed by atoms with E-state index in [2.05, 4.69) is 10.1 Å². The molecule has 0 saturated carbocycles. The first-order valence-electron chi connectivity index (χ1n) is 11.2. The van der Waals surface area contributed by atoms with Crippen LogP contribution in [0.2, 0.25) is 0 Å². The number of rotatable bonds is 5. The highest BCUT2D eigenvalue weighted by Crippen LogP contribution is 2.27. The highest BCUT2D eigenvalue weighted by molar-refractivity contribution is 7.13. The molecule has 0 unspecified atom stereocenters. The van der Waals surface area contributed by atoms with Crippen molar-refractivity contribution in [2.45, 2.75) is 19.8 Å². The van der Waals surface area contributed by atoms with Crippen LogP contribution in [-0.4, -0.2) is 44.4 Å². The number of aromatic nitrogens is 3. The van der Waals surface area contributed by atoms with Gasteiger partial charge >= 0.3 is 0 Å². The molecular weight excluding hydrogens is 451 g/mol. The summed E-state index contributed by atoms with van der Waals surface area (Å²) in [6.07, 6.45) is 1.20. The quantitative estimate of drug-likeness (QED) is 0.374. The van der Waals surface area contributed by atoms with E-state index in [1.165, 1.54) is 28.2 Å². The van der Waals surface area contributed by atoms with Crippen molar-refractivity contribution in [3.63, 3.8) is 0 Å². The van der Waals surface area contributed by atoms with Gasteiger partial charge in [0.2, 0.25) is 5.82 Å². The average molecular weight is 475 g/mol. The second kappa shape index (κ2) is 9.30. The summed E-state index contributed by atoms with van der Waals surface area (Å²) in [5, 5.41) is 6.36. The van der Waals surface area contributed by atoms with Gasteiger partial charge in [0, 0.05) is 24.6 Å². The first-order valence-corrected chi connectivity index (χ1v) is 12.0. The molecule has 5 rings (SSSR count). The van der Waals surface area contributed by atoms with Gasteiger partial charge in [0.25, 0.3) is 5.91 Å². The van der Waals surface area contributed by atoms with Crippen molar-refractivity contribution in [3.8, 4) is 16.4 Å². The van der Waals surface area contributed by atoms with Crippen LogP contribution in [0, 0.1) is 18.7 Å². The topological polar surface area (TPSA) is 68.1 Å². The van der Waals surface area contributed by atoms with Crippen molar-refractivity contribution in [1.82, 2.24) is 19.7 Å². The van der Waals surface area contributed by atoms with Gasteiger partial charge in [-0.1, -0.05) is 42.0 Å². The Bertz CT molecular complexity index is 1320. The Morgan fingerprint density at radius 2 is 1.79 bits per heavy atom. The van der Waals surface area contributed by atoms with E-state index < -0.39 is 5.82 Å². The molecule has 0 radical (unpaired) electrons. The number of carbonyl (C=O) groups is 2. The fourth-order valence-electron chi connectivity index (χ4n) is 4.20. The summed E-state index contributed by atoms with van der Waals surface area (Å²) in [5.74, 6) is -0.0938. The van der Waals surface area contributed by atoms with Crippen molar-refractivity contribution < 1.29 is 14.0 Å². The zero-order valence-corrected chi connectivity index (χ0v) is 19.5. The van der Waals surface area contributed by atoms with E-state index in [1.54, 1.807) is 17.0 Å². The molecule has 2 aromatic carbocycles. The SMILES string of the molecule is Cc1ccc(C(=O)C2CCN(C(=O)c3nc(-c4cccs4)n(-c4cccc(F)c4)n3)CC2)cc1. The second-order valence-corrected chi connectivity index (χ2v) is 9.37. The molecule has 34 heavy (non-hydrogen) atoms. The Kier molecular flexibility index (Phi) is 6.06. The van der Waals surface area contributed by atoms with E-state index in [-0.39, 0.29) is 23.4 Å². The first-order chi connectivity index (χ1) is 16.5. The molecule has 0 spiro atoms. The molecule has 1 amide bonds. The minimum absolute atomic E-state index is 0.0657. The van der Waals surface area contributed by atoms with Crippen molar-refractivity contribution >= 4 is 23.0 Å². The Morgan fingerprint density at radius 3 is 2.47 bits per heavy atom. The molecule has 172 valence electrons. The zero-order chi connectivity index (χ0) is 23.7. The van der Waals surface area contributed by atoms with Crippen LogP contribution in [0.25, 0.3) is 16.4 Å². The maximum Gasteiger partial charge on any atom is 0.293 e. The van der Waals surface area contributed by atoms with Gasteiger partial charge in [0.1, 0.15) is 5.82 Å². The van der Waals surface area contributed by atoms with Gasteiger partial charge in [0.05, 0.1) is 10.6 Å². The summed E-state index contributed by atoms with van der Waals surface area (Å²) in [5.41, 5.74) is 2.33. The monoisotopic (exact) mass is 474 g/mol. The van der Waals surface area contributed by atoms with Gasteiger partial charge in [-0.15, -0.1) is 16.4 Å². The summed E-state index contributed by atoms with van der Waals surface area (Å²) in [7, 11) is 0. The summed E-state index contributed by atoms with van der Waals surface area (Å²) < 4.78 is 15.4. The van der Waals surface area contributed by atoms with Gasteiger partial charge in [-0.3, -0.25) is 9.59 Å². The smallest absolute Gasteiger partial charge is 0.293 e. The summed E-state index contributed by atoms with van der Waals surface area (Å²) in [6.45, 7) is 2.92. The van der Waals surface area contributed by atoms with Crippen molar-refractivity contribution in [2.24, 2.45) is 5.92 Å². The molecular formula is C26H23FN4O2S. The van der Waals surface area contributed by atoms with Crippen LogP contribution in [0.3, 0.4) is 0 Å². The lowest BCUT2D eigenvalue weighted by molar-refractivity contribution is 0.0640. The second-order valence-electron chi connectivity index (χ2n) is 8.42. The van der Waals surface area contributed by atoms with E-state index in [4.69, 9.17) is 0 Å². The van der Waals surface area contributed by atoms with Crippen LogP contribution in [0.5, 0.6) is 0 Å². The number of amides is 1. The molecule has 0 bridgehead atoms. The third kappa shape index (κ3) is 4.41. The van der Waals surface area contributed by atoms with Crippen LogP contribution in [0.1, 0.15) is 39.4 Å². The van der Waals surface area contributed by atoms with E-state index in [9.17, 15) is 14.0 Å². The number of hydrogen-bond donors (Lipinski definition) is 0. The first kappa shape index (κ1) is 22.2. The van der Waals surface area contributed by atoms with E-state index in [1.807, 2.05) is 48.7 Å². The number of benzene rings is 2. The maximum absolute atomic E-state index is 13.9. The highest BCUT2D eigenvalue weighted by atomic mass is 32.1. The van der Waals surface area contributed by atoms with Gasteiger partial charge in [-0.05, 0) is 49.4 Å². The molecule has 1 aliphatic heterocycles. The normalized spacial score (nSPS) is 14.4. The standard InChI is InChI=1S/C26H23FN4O2S/c1-17-7-9-18(10-8-17)23(32)19-11-13-30(14-12-19)26(33)24-28-25(22-6-3-15-34-22)31(29-24)21-5-2-4-20(27)16-21/h2-10,15-16,19H,11-14H2,1H3. The lowest BCUT2D eigenvalue weighted by Crippen LogP contribution is -2.40. The maximum atomic E-state index is 13.9. The van der Waals surface area contributed by atoms with Crippen molar-refractivity contribution in [1.29, 1.82) is 0 Å². The molecule has 0 aliphatic carbocycles. The largest absolute Gasteiger partial charge is 0.336 e. The van der Waals surface area contributed by atoms with Crippen LogP contribution in [0.4, 0.5) is 4.39 Å². The molecule has 4 aromatic rings. The van der Waals surface area contributed by atoms with Crippen LogP contribution in [-0.2, 0) is 0 Å². The minimum atomic E-state index is -0.390. The zero-order valence-electron chi connectivity index (χ0n) is 18.6. The fourth-order valence-corrected chi connectivity index (χ4v) is 4.89. The van der Waals surface area contributed by atoms with E-state index in [0.29, 0.717) is 43.0 Å². The molecule has 8 heteroatoms. The highest BCUT2D eigenvalue weighted by Gasteiger charge is 2.30. The van der Waals surface area contributed by atoms with Crippen molar-refractivity contribution in [3.05, 3.63) is 88.8 Å². The van der Waals surface area contributed by atoms with Crippen molar-refractivity contribution in [2.75, 3.05) is 13.1 Å². The predicted molar refractivity (Wildman–Crippen MR) is 129 cm³/mol. The average Bonchev–Trinajstić information content (AvgIpc) is 3.54. The third-order valence-electron chi connectivity index (χ3n) is 6.08. The third-order valence-corrected chi connectivity index (χ3v) is 6.95. The van der Waals surface area contributed by atoms with E-state index in [0.717, 1.165) is 10.4 Å². The summed E-state index contributed by atoms with van der Waals surface area (Å²) >= 11 is 1.47. The Balaban J connectivity index is 1.35. The Labute approximate surface area is 200 Å². The van der Waals surface area contributed by atoms with Crippen LogP contribution >= 0.6 is 11.3 Å². The lowest BCUT2D eigenvalue weighted by Gasteiger charge is -2.30. The van der Waals surface area contributed by atoms with Crippen LogP contribution in [0.15, 0.2) is 66.0 Å². The fraction of sp³-hybridized carbons (Fsp3) is 0.231. The number of thiophene rings is 1. The molecule has 2 aromatic heterocycles. The predicted octanol–water partition coefficient (Wildman–Crippen LogP) is 5.18. The Morgan fingerprint density at radius 1 is 1.03 bits per heavy atom. The van der Waals surface area contributed by atoms with E-state index >= 15 is 0 Å². The number of ketones is 1. The number of piperidine rings is 1. The number of aryl methyl sites for hydroxylation is 1. The molecule has 1 fully saturated rings. The van der Waals surface area contributed by atoms with Gasteiger partial charge in [-0.2, -0.15) is 0 Å². The molecule has 1 aliphatic rings. The van der Waals surface area contributed by atoms with Gasteiger partial charge in [-0.25, -0.2) is 14.1 Å².